The molecule has 0 aliphatic carbocycles. The minimum atomic E-state index is -0.471. The van der Waals surface area contributed by atoms with E-state index in [0.29, 0.717) is 6.42 Å². The van der Waals surface area contributed by atoms with Crippen LogP contribution in [-0.2, 0) is 4.74 Å². The van der Waals surface area contributed by atoms with Crippen LogP contribution < -0.4 is 5.32 Å². The largest absolute Gasteiger partial charge is 0.449 e. The average molecular weight is 237 g/mol. The van der Waals surface area contributed by atoms with Gasteiger partial charge in [-0.15, -0.1) is 6.58 Å². The van der Waals surface area contributed by atoms with Gasteiger partial charge in [0, 0.05) is 13.0 Å². The summed E-state index contributed by atoms with van der Waals surface area (Å²) in [5.41, 5.74) is 0.926. The van der Waals surface area contributed by atoms with Gasteiger partial charge < -0.3 is 10.1 Å². The summed E-state index contributed by atoms with van der Waals surface area (Å²) in [7, 11) is 1.50. The van der Waals surface area contributed by atoms with Crippen LogP contribution in [-0.4, -0.2) is 19.7 Å². The zero-order valence-electron chi connectivity index (χ0n) is 9.78. The average Bonchev–Trinajstić information content (AvgIpc) is 2.35. The summed E-state index contributed by atoms with van der Waals surface area (Å²) < 4.78 is 17.8. The number of alkyl carbamates (subject to hydrolysis) is 1. The molecule has 1 aromatic rings. The number of hydrogen-bond donors (Lipinski definition) is 1. The van der Waals surface area contributed by atoms with Gasteiger partial charge in [-0.25, -0.2) is 9.18 Å². The Balaban J connectivity index is 2.67. The molecule has 0 spiro atoms. The Morgan fingerprint density at radius 1 is 1.53 bits per heavy atom. The van der Waals surface area contributed by atoms with E-state index in [1.807, 2.05) is 0 Å². The van der Waals surface area contributed by atoms with Crippen molar-refractivity contribution in [2.24, 2.45) is 0 Å². The van der Waals surface area contributed by atoms with Gasteiger partial charge in [0.1, 0.15) is 12.4 Å². The quantitative estimate of drug-likeness (QED) is 0.800. The zero-order chi connectivity index (χ0) is 12.7. The maximum Gasteiger partial charge on any atom is 0.406 e. The molecule has 1 atom stereocenters. The standard InChI is InChI=1S/C13H16FNO2/c1-3-4-11(9-17-13(16)15-2)10-5-7-12(14)8-6-10/h3,5-8,11H,1,4,9H2,2H3,(H,15,16)/t11-/m1/s1. The van der Waals surface area contributed by atoms with E-state index in [1.54, 1.807) is 18.2 Å². The zero-order valence-corrected chi connectivity index (χ0v) is 9.78. The van der Waals surface area contributed by atoms with E-state index >= 15 is 0 Å². The lowest BCUT2D eigenvalue weighted by atomic mass is 9.97. The monoisotopic (exact) mass is 237 g/mol. The highest BCUT2D eigenvalue weighted by Gasteiger charge is 2.12. The number of halogens is 1. The Morgan fingerprint density at radius 2 is 2.18 bits per heavy atom. The molecule has 0 fully saturated rings. The van der Waals surface area contributed by atoms with Crippen molar-refractivity contribution in [2.45, 2.75) is 12.3 Å². The molecule has 0 unspecified atom stereocenters. The predicted octanol–water partition coefficient (Wildman–Crippen LogP) is 2.84. The van der Waals surface area contributed by atoms with Crippen LogP contribution in [0.4, 0.5) is 9.18 Å². The first-order valence-electron chi connectivity index (χ1n) is 5.38. The Labute approximate surface area is 100 Å². The van der Waals surface area contributed by atoms with E-state index < -0.39 is 6.09 Å². The highest BCUT2D eigenvalue weighted by molar-refractivity contribution is 5.66. The fourth-order valence-electron chi connectivity index (χ4n) is 1.48. The molecule has 0 saturated carbocycles. The molecule has 1 amide bonds. The molecule has 0 aliphatic heterocycles. The SMILES string of the molecule is C=CC[C@H](COC(=O)NC)c1ccc(F)cc1. The van der Waals surface area contributed by atoms with Crippen LogP contribution in [0, 0.1) is 5.82 Å². The second-order valence-electron chi connectivity index (χ2n) is 3.62. The van der Waals surface area contributed by atoms with E-state index in [4.69, 9.17) is 4.74 Å². The maximum atomic E-state index is 12.8. The molecule has 0 aromatic heterocycles. The van der Waals surface area contributed by atoms with Gasteiger partial charge in [-0.3, -0.25) is 0 Å². The Bertz CT molecular complexity index is 376. The number of carbonyl (C=O) groups is 1. The third-order valence-corrected chi connectivity index (χ3v) is 2.41. The van der Waals surface area contributed by atoms with Crippen LogP contribution in [0.2, 0.25) is 0 Å². The first-order chi connectivity index (χ1) is 8.17. The number of carbonyl (C=O) groups excluding carboxylic acids is 1. The van der Waals surface area contributed by atoms with E-state index in [9.17, 15) is 9.18 Å². The lowest BCUT2D eigenvalue weighted by molar-refractivity contribution is 0.141. The molecule has 92 valence electrons. The van der Waals surface area contributed by atoms with E-state index in [1.165, 1.54) is 19.2 Å². The van der Waals surface area contributed by atoms with Crippen LogP contribution in [0.1, 0.15) is 17.9 Å². The van der Waals surface area contributed by atoms with Crippen molar-refractivity contribution in [2.75, 3.05) is 13.7 Å². The molecule has 0 saturated heterocycles. The van der Waals surface area contributed by atoms with Gasteiger partial charge >= 0.3 is 6.09 Å². The van der Waals surface area contributed by atoms with Crippen LogP contribution in [0.25, 0.3) is 0 Å². The fraction of sp³-hybridized carbons (Fsp3) is 0.308. The van der Waals surface area contributed by atoms with Crippen molar-refractivity contribution in [3.8, 4) is 0 Å². The molecule has 1 rings (SSSR count). The first-order valence-corrected chi connectivity index (χ1v) is 5.38. The van der Waals surface area contributed by atoms with Crippen molar-refractivity contribution >= 4 is 6.09 Å². The second-order valence-corrected chi connectivity index (χ2v) is 3.62. The Hall–Kier alpha value is -1.84. The lowest BCUT2D eigenvalue weighted by Crippen LogP contribution is -2.22. The normalized spacial score (nSPS) is 11.6. The number of hydrogen-bond acceptors (Lipinski definition) is 2. The molecule has 4 heteroatoms. The molecule has 1 aromatic carbocycles. The second kappa shape index (κ2) is 6.68. The summed E-state index contributed by atoms with van der Waals surface area (Å²) in [5, 5.41) is 2.38. The van der Waals surface area contributed by atoms with Gasteiger partial charge in [0.15, 0.2) is 0 Å². The molecule has 17 heavy (non-hydrogen) atoms. The van der Waals surface area contributed by atoms with Gasteiger partial charge in [0.2, 0.25) is 0 Å². The van der Waals surface area contributed by atoms with Gasteiger partial charge in [-0.1, -0.05) is 18.2 Å². The molecular formula is C13H16FNO2. The van der Waals surface area contributed by atoms with E-state index in [0.717, 1.165) is 5.56 Å². The lowest BCUT2D eigenvalue weighted by Gasteiger charge is -2.15. The molecule has 0 heterocycles. The summed E-state index contributed by atoms with van der Waals surface area (Å²) >= 11 is 0. The third kappa shape index (κ3) is 4.26. The smallest absolute Gasteiger partial charge is 0.406 e. The molecule has 0 radical (unpaired) electrons. The van der Waals surface area contributed by atoms with E-state index in [2.05, 4.69) is 11.9 Å². The predicted molar refractivity (Wildman–Crippen MR) is 64.4 cm³/mol. The summed E-state index contributed by atoms with van der Waals surface area (Å²) in [6, 6.07) is 6.17. The number of nitrogens with one attached hydrogen (secondary N) is 1. The minimum absolute atomic E-state index is 0.00500. The van der Waals surface area contributed by atoms with Crippen LogP contribution in [0.5, 0.6) is 0 Å². The Morgan fingerprint density at radius 3 is 2.71 bits per heavy atom. The van der Waals surface area contributed by atoms with Gasteiger partial charge in [0.25, 0.3) is 0 Å². The fourth-order valence-corrected chi connectivity index (χ4v) is 1.48. The number of ether oxygens (including phenoxy) is 1. The van der Waals surface area contributed by atoms with Crippen molar-refractivity contribution in [1.29, 1.82) is 0 Å². The van der Waals surface area contributed by atoms with Crippen molar-refractivity contribution in [1.82, 2.24) is 5.32 Å². The number of amides is 1. The van der Waals surface area contributed by atoms with Gasteiger partial charge in [-0.2, -0.15) is 0 Å². The molecule has 0 aliphatic rings. The summed E-state index contributed by atoms with van der Waals surface area (Å²) in [6.45, 7) is 3.91. The molecule has 0 bridgehead atoms. The van der Waals surface area contributed by atoms with Crippen LogP contribution >= 0.6 is 0 Å². The highest BCUT2D eigenvalue weighted by Crippen LogP contribution is 2.20. The van der Waals surface area contributed by atoms with Crippen LogP contribution in [0.3, 0.4) is 0 Å². The number of allylic oxidation sites excluding steroid dienone is 1. The summed E-state index contributed by atoms with van der Waals surface area (Å²) in [5.74, 6) is -0.274. The molecular weight excluding hydrogens is 221 g/mol. The maximum absolute atomic E-state index is 12.8. The third-order valence-electron chi connectivity index (χ3n) is 2.41. The molecule has 1 N–H and O–H groups in total. The van der Waals surface area contributed by atoms with E-state index in [-0.39, 0.29) is 18.3 Å². The highest BCUT2D eigenvalue weighted by atomic mass is 19.1. The summed E-state index contributed by atoms with van der Waals surface area (Å²) in [6.07, 6.45) is 1.95. The first kappa shape index (κ1) is 13.2. The number of rotatable bonds is 5. The van der Waals surface area contributed by atoms with Crippen LogP contribution in [0.15, 0.2) is 36.9 Å². The minimum Gasteiger partial charge on any atom is -0.449 e. The van der Waals surface area contributed by atoms with Crippen molar-refractivity contribution in [3.63, 3.8) is 0 Å². The number of benzene rings is 1. The van der Waals surface area contributed by atoms with Crippen molar-refractivity contribution < 1.29 is 13.9 Å². The summed E-state index contributed by atoms with van der Waals surface area (Å²) in [4.78, 5) is 11.0. The molecule has 3 nitrogen and oxygen atoms in total. The Kier molecular flexibility index (Phi) is 5.20. The van der Waals surface area contributed by atoms with Crippen molar-refractivity contribution in [3.05, 3.63) is 48.3 Å². The van der Waals surface area contributed by atoms with Gasteiger partial charge in [0.05, 0.1) is 0 Å². The topological polar surface area (TPSA) is 38.3 Å². The van der Waals surface area contributed by atoms with Gasteiger partial charge in [-0.05, 0) is 24.1 Å².